The van der Waals surface area contributed by atoms with Crippen LogP contribution in [-0.4, -0.2) is 60.9 Å². The number of likely N-dealkylation sites (tertiary alicyclic amines) is 1. The standard InChI is InChI=1S/C19H26FN3O2.ClH/c1-22(17-8-10-21-11-9-17)18(24)15-3-2-12-23(13-15)19(25)14-4-6-16(20)7-5-14;/h4-7,15,17,21H,2-3,8-13H2,1H3;1H. The molecule has 0 bridgehead atoms. The minimum Gasteiger partial charge on any atom is -0.342 e. The van der Waals surface area contributed by atoms with Crippen LogP contribution in [0.5, 0.6) is 0 Å². The van der Waals surface area contributed by atoms with Gasteiger partial charge in [0.1, 0.15) is 5.82 Å². The lowest BCUT2D eigenvalue weighted by molar-refractivity contribution is -0.138. The predicted molar refractivity (Wildman–Crippen MR) is 101 cm³/mol. The lowest BCUT2D eigenvalue weighted by Crippen LogP contribution is -2.50. The molecular weight excluding hydrogens is 357 g/mol. The average Bonchev–Trinajstić information content (AvgIpc) is 2.67. The first-order valence-corrected chi connectivity index (χ1v) is 9.08. The molecule has 0 spiro atoms. The summed E-state index contributed by atoms with van der Waals surface area (Å²) in [5, 5.41) is 3.31. The minimum atomic E-state index is -0.355. The number of rotatable bonds is 3. The second kappa shape index (κ2) is 9.33. The van der Waals surface area contributed by atoms with Crippen LogP contribution in [-0.2, 0) is 4.79 Å². The summed E-state index contributed by atoms with van der Waals surface area (Å²) in [6.45, 7) is 2.99. The highest BCUT2D eigenvalue weighted by Crippen LogP contribution is 2.22. The molecule has 0 radical (unpaired) electrons. The van der Waals surface area contributed by atoms with E-state index in [4.69, 9.17) is 0 Å². The molecule has 26 heavy (non-hydrogen) atoms. The largest absolute Gasteiger partial charge is 0.342 e. The fourth-order valence-electron chi connectivity index (χ4n) is 3.80. The summed E-state index contributed by atoms with van der Waals surface area (Å²) in [6.07, 6.45) is 3.60. The van der Waals surface area contributed by atoms with E-state index in [-0.39, 0.29) is 42.0 Å². The van der Waals surface area contributed by atoms with Gasteiger partial charge in [-0.1, -0.05) is 0 Å². The van der Waals surface area contributed by atoms with Gasteiger partial charge in [-0.15, -0.1) is 12.4 Å². The van der Waals surface area contributed by atoms with E-state index in [0.717, 1.165) is 38.8 Å². The Kier molecular flexibility index (Phi) is 7.41. The molecule has 1 N–H and O–H groups in total. The normalized spacial score (nSPS) is 21.0. The highest BCUT2D eigenvalue weighted by molar-refractivity contribution is 5.94. The van der Waals surface area contributed by atoms with Crippen LogP contribution in [0, 0.1) is 11.7 Å². The van der Waals surface area contributed by atoms with Gasteiger partial charge in [0.05, 0.1) is 5.92 Å². The van der Waals surface area contributed by atoms with Crippen molar-refractivity contribution >= 4 is 24.2 Å². The topological polar surface area (TPSA) is 52.7 Å². The first-order valence-electron chi connectivity index (χ1n) is 9.08. The first kappa shape index (κ1) is 20.6. The summed E-state index contributed by atoms with van der Waals surface area (Å²) >= 11 is 0. The van der Waals surface area contributed by atoms with Crippen molar-refractivity contribution < 1.29 is 14.0 Å². The van der Waals surface area contributed by atoms with E-state index >= 15 is 0 Å². The maximum absolute atomic E-state index is 13.0. The Hall–Kier alpha value is -1.66. The van der Waals surface area contributed by atoms with Crippen molar-refractivity contribution in [3.05, 3.63) is 35.6 Å². The van der Waals surface area contributed by atoms with Crippen LogP contribution < -0.4 is 5.32 Å². The predicted octanol–water partition coefficient (Wildman–Crippen LogP) is 2.31. The molecule has 0 aromatic heterocycles. The van der Waals surface area contributed by atoms with Gasteiger partial charge in [-0.05, 0) is 63.0 Å². The molecular formula is C19H27ClFN3O2. The Morgan fingerprint density at radius 1 is 1.15 bits per heavy atom. The quantitative estimate of drug-likeness (QED) is 0.871. The third kappa shape index (κ3) is 4.74. The van der Waals surface area contributed by atoms with Gasteiger partial charge in [0.2, 0.25) is 5.91 Å². The van der Waals surface area contributed by atoms with Crippen LogP contribution in [0.2, 0.25) is 0 Å². The van der Waals surface area contributed by atoms with E-state index in [2.05, 4.69) is 5.32 Å². The van der Waals surface area contributed by atoms with Crippen molar-refractivity contribution in [3.8, 4) is 0 Å². The molecule has 5 nitrogen and oxygen atoms in total. The van der Waals surface area contributed by atoms with Crippen LogP contribution in [0.4, 0.5) is 4.39 Å². The SMILES string of the molecule is CN(C(=O)C1CCCN(C(=O)c2ccc(F)cc2)C1)C1CCNCC1.Cl. The first-order chi connectivity index (χ1) is 12.1. The summed E-state index contributed by atoms with van der Waals surface area (Å²) in [6, 6.07) is 5.89. The smallest absolute Gasteiger partial charge is 0.253 e. The molecule has 1 aromatic carbocycles. The summed E-state index contributed by atoms with van der Waals surface area (Å²) in [5.74, 6) is -0.476. The Bertz CT molecular complexity index is 620. The number of hydrogen-bond acceptors (Lipinski definition) is 3. The van der Waals surface area contributed by atoms with Gasteiger partial charge in [-0.2, -0.15) is 0 Å². The number of carbonyl (C=O) groups is 2. The molecule has 1 aromatic rings. The molecule has 7 heteroatoms. The number of benzene rings is 1. The molecule has 2 aliphatic rings. The second-order valence-corrected chi connectivity index (χ2v) is 7.03. The minimum absolute atomic E-state index is 0. The number of piperidine rings is 2. The molecule has 1 atom stereocenters. The van der Waals surface area contributed by atoms with E-state index < -0.39 is 0 Å². The van der Waals surface area contributed by atoms with Crippen LogP contribution in [0.1, 0.15) is 36.0 Å². The zero-order valence-electron chi connectivity index (χ0n) is 15.1. The van der Waals surface area contributed by atoms with Crippen molar-refractivity contribution in [3.63, 3.8) is 0 Å². The lowest BCUT2D eigenvalue weighted by atomic mass is 9.94. The van der Waals surface area contributed by atoms with E-state index in [1.54, 1.807) is 4.90 Å². The molecule has 2 aliphatic heterocycles. The number of hydrogen-bond donors (Lipinski definition) is 1. The Balaban J connectivity index is 0.00000243. The van der Waals surface area contributed by atoms with E-state index in [9.17, 15) is 14.0 Å². The third-order valence-corrected chi connectivity index (χ3v) is 5.35. The highest BCUT2D eigenvalue weighted by atomic mass is 35.5. The maximum Gasteiger partial charge on any atom is 0.253 e. The van der Waals surface area contributed by atoms with Crippen LogP contribution in [0.25, 0.3) is 0 Å². The third-order valence-electron chi connectivity index (χ3n) is 5.35. The molecule has 2 saturated heterocycles. The Labute approximate surface area is 160 Å². The molecule has 2 fully saturated rings. The zero-order valence-corrected chi connectivity index (χ0v) is 15.9. The molecule has 3 rings (SSSR count). The Morgan fingerprint density at radius 3 is 2.46 bits per heavy atom. The van der Waals surface area contributed by atoms with Gasteiger partial charge in [-0.25, -0.2) is 4.39 Å². The average molecular weight is 384 g/mol. The van der Waals surface area contributed by atoms with Crippen LogP contribution in [0.3, 0.4) is 0 Å². The highest BCUT2D eigenvalue weighted by Gasteiger charge is 2.33. The fraction of sp³-hybridized carbons (Fsp3) is 0.579. The van der Waals surface area contributed by atoms with E-state index in [1.165, 1.54) is 24.3 Å². The number of halogens is 2. The number of carbonyl (C=O) groups excluding carboxylic acids is 2. The van der Waals surface area contributed by atoms with Crippen molar-refractivity contribution in [1.82, 2.24) is 15.1 Å². The van der Waals surface area contributed by atoms with Gasteiger partial charge in [0.25, 0.3) is 5.91 Å². The molecule has 1 unspecified atom stereocenters. The molecule has 2 heterocycles. The Morgan fingerprint density at radius 2 is 1.81 bits per heavy atom. The summed E-state index contributed by atoms with van der Waals surface area (Å²) in [4.78, 5) is 29.1. The molecule has 0 aliphatic carbocycles. The summed E-state index contributed by atoms with van der Waals surface area (Å²) in [7, 11) is 1.89. The fourth-order valence-corrected chi connectivity index (χ4v) is 3.80. The maximum atomic E-state index is 13.0. The van der Waals surface area contributed by atoms with Gasteiger partial charge < -0.3 is 15.1 Å². The van der Waals surface area contributed by atoms with Crippen molar-refractivity contribution in [2.45, 2.75) is 31.7 Å². The van der Waals surface area contributed by atoms with Crippen LogP contribution in [0.15, 0.2) is 24.3 Å². The van der Waals surface area contributed by atoms with Crippen LogP contribution >= 0.6 is 12.4 Å². The molecule has 144 valence electrons. The monoisotopic (exact) mass is 383 g/mol. The van der Waals surface area contributed by atoms with E-state index in [1.807, 2.05) is 11.9 Å². The second-order valence-electron chi connectivity index (χ2n) is 7.03. The number of nitrogens with one attached hydrogen (secondary N) is 1. The van der Waals surface area contributed by atoms with Gasteiger partial charge in [0, 0.05) is 31.7 Å². The molecule has 0 saturated carbocycles. The van der Waals surface area contributed by atoms with Crippen molar-refractivity contribution in [1.29, 1.82) is 0 Å². The molecule has 2 amide bonds. The summed E-state index contributed by atoms with van der Waals surface area (Å²) < 4.78 is 13.0. The van der Waals surface area contributed by atoms with E-state index in [0.29, 0.717) is 18.7 Å². The van der Waals surface area contributed by atoms with Gasteiger partial charge in [-0.3, -0.25) is 9.59 Å². The van der Waals surface area contributed by atoms with Gasteiger partial charge >= 0.3 is 0 Å². The van der Waals surface area contributed by atoms with Crippen molar-refractivity contribution in [2.75, 3.05) is 33.2 Å². The number of nitrogens with zero attached hydrogens (tertiary/aromatic N) is 2. The lowest BCUT2D eigenvalue weighted by Gasteiger charge is -2.37. The number of amides is 2. The van der Waals surface area contributed by atoms with Gasteiger partial charge in [0.15, 0.2) is 0 Å². The summed E-state index contributed by atoms with van der Waals surface area (Å²) in [5.41, 5.74) is 0.473. The van der Waals surface area contributed by atoms with Crippen molar-refractivity contribution in [2.24, 2.45) is 5.92 Å². The zero-order chi connectivity index (χ0) is 17.8.